The third kappa shape index (κ3) is 3.70. The van der Waals surface area contributed by atoms with Gasteiger partial charge in [0.2, 0.25) is 11.8 Å². The molecule has 37 heavy (non-hydrogen) atoms. The number of hydrogen-bond donors (Lipinski definition) is 1. The van der Waals surface area contributed by atoms with Gasteiger partial charge in [-0.25, -0.2) is 4.39 Å². The molecule has 0 spiro atoms. The van der Waals surface area contributed by atoms with Crippen LogP contribution in [0.5, 0.6) is 0 Å². The molecule has 4 aromatic heterocycles. The normalized spacial score (nSPS) is 14.4. The molecule has 1 aromatic carbocycles. The Morgan fingerprint density at radius 1 is 1.14 bits per heavy atom. The number of aryl methyl sites for hydroxylation is 1. The van der Waals surface area contributed by atoms with Gasteiger partial charge in [0.1, 0.15) is 17.4 Å². The van der Waals surface area contributed by atoms with E-state index in [0.29, 0.717) is 76.7 Å². The third-order valence-corrected chi connectivity index (χ3v) is 6.78. The number of piperazine rings is 1. The van der Waals surface area contributed by atoms with Crippen LogP contribution < -0.4 is 10.6 Å². The van der Waals surface area contributed by atoms with Gasteiger partial charge in [-0.05, 0) is 38.0 Å². The number of aromatic nitrogens is 6. The fourth-order valence-electron chi connectivity index (χ4n) is 4.93. The van der Waals surface area contributed by atoms with E-state index in [1.165, 1.54) is 4.52 Å². The number of hydrogen-bond acceptors (Lipinski definition) is 9. The fraction of sp³-hybridized carbons (Fsp3) is 0.320. The molecular weight excluding hydrogens is 475 g/mol. The van der Waals surface area contributed by atoms with Crippen LogP contribution in [-0.4, -0.2) is 66.9 Å². The summed E-state index contributed by atoms with van der Waals surface area (Å²) in [5.41, 5.74) is 9.30. The lowest BCUT2D eigenvalue weighted by Gasteiger charge is -2.36. The highest BCUT2D eigenvalue weighted by Crippen LogP contribution is 2.30. The average molecular weight is 499 g/mol. The maximum Gasteiger partial charge on any atom is 0.226 e. The van der Waals surface area contributed by atoms with Gasteiger partial charge in [-0.15, -0.1) is 5.10 Å². The number of nitrogens with two attached hydrogens (primary N) is 1. The van der Waals surface area contributed by atoms with E-state index in [9.17, 15) is 5.26 Å². The molecule has 5 aromatic rings. The van der Waals surface area contributed by atoms with E-state index < -0.39 is 0 Å². The Morgan fingerprint density at radius 2 is 1.95 bits per heavy atom. The van der Waals surface area contributed by atoms with E-state index in [2.05, 4.69) is 43.0 Å². The van der Waals surface area contributed by atoms with Crippen LogP contribution >= 0.6 is 0 Å². The molecule has 1 saturated heterocycles. The van der Waals surface area contributed by atoms with E-state index >= 15 is 4.39 Å². The van der Waals surface area contributed by atoms with Crippen LogP contribution in [0.25, 0.3) is 27.6 Å². The van der Waals surface area contributed by atoms with Crippen molar-refractivity contribution in [1.82, 2.24) is 34.2 Å². The van der Waals surface area contributed by atoms with E-state index in [-0.39, 0.29) is 11.8 Å². The lowest BCUT2D eigenvalue weighted by atomic mass is 10.1. The molecule has 0 saturated carbocycles. The summed E-state index contributed by atoms with van der Waals surface area (Å²) in [4.78, 5) is 13.3. The van der Waals surface area contributed by atoms with Crippen molar-refractivity contribution in [2.75, 3.05) is 43.4 Å². The Kier molecular flexibility index (Phi) is 5.39. The predicted octanol–water partition coefficient (Wildman–Crippen LogP) is 2.32. The predicted molar refractivity (Wildman–Crippen MR) is 135 cm³/mol. The van der Waals surface area contributed by atoms with Gasteiger partial charge in [0.15, 0.2) is 17.0 Å². The Balaban J connectivity index is 1.21. The smallest absolute Gasteiger partial charge is 0.226 e. The molecule has 0 radical (unpaired) electrons. The maximum absolute atomic E-state index is 15.2. The molecule has 0 bridgehead atoms. The summed E-state index contributed by atoms with van der Waals surface area (Å²) in [6, 6.07) is 7.54. The van der Waals surface area contributed by atoms with Crippen molar-refractivity contribution in [3.05, 3.63) is 41.2 Å². The van der Waals surface area contributed by atoms with Crippen molar-refractivity contribution >= 4 is 39.3 Å². The standard InChI is InChI=1S/C25H23FN10O/c1-3-4-20-29-24-17-13-16(14-27)35(23(17)30-25(28)36(24)31-20)12-9-33-7-10-34(11-8-33)18-5-6-19-21(22(18)26)15(2)32-37-19/h5-6,13H,7-12H2,1-2H3,(H2,28,30). The van der Waals surface area contributed by atoms with Crippen LogP contribution in [0.4, 0.5) is 16.0 Å². The molecule has 186 valence electrons. The maximum atomic E-state index is 15.2. The van der Waals surface area contributed by atoms with Gasteiger partial charge in [-0.3, -0.25) is 4.90 Å². The first kappa shape index (κ1) is 22.8. The van der Waals surface area contributed by atoms with Gasteiger partial charge in [-0.1, -0.05) is 11.1 Å². The molecule has 12 heteroatoms. The number of nitrogen functional groups attached to an aromatic ring is 1. The Hall–Kier alpha value is -4.68. The molecule has 2 N–H and O–H groups in total. The first-order valence-corrected chi connectivity index (χ1v) is 11.9. The summed E-state index contributed by atoms with van der Waals surface area (Å²) in [7, 11) is 0. The van der Waals surface area contributed by atoms with Crippen molar-refractivity contribution in [1.29, 1.82) is 5.26 Å². The quantitative estimate of drug-likeness (QED) is 0.371. The number of halogens is 1. The molecule has 1 aliphatic rings. The SMILES string of the molecule is CC#Cc1nc2c3cc(C#N)n(CCN4CCN(c5ccc6onc(C)c6c5F)CC4)c3nc(N)n2n1. The average Bonchev–Trinajstić information content (AvgIpc) is 3.59. The number of benzene rings is 1. The highest BCUT2D eigenvalue weighted by atomic mass is 19.1. The van der Waals surface area contributed by atoms with Gasteiger partial charge in [-0.2, -0.15) is 19.7 Å². The van der Waals surface area contributed by atoms with E-state index in [4.69, 9.17) is 10.3 Å². The van der Waals surface area contributed by atoms with Crippen molar-refractivity contribution in [2.45, 2.75) is 20.4 Å². The van der Waals surface area contributed by atoms with Gasteiger partial charge < -0.3 is 19.7 Å². The highest BCUT2D eigenvalue weighted by molar-refractivity contribution is 5.92. The van der Waals surface area contributed by atoms with Crippen molar-refractivity contribution < 1.29 is 8.91 Å². The zero-order valence-corrected chi connectivity index (χ0v) is 20.4. The van der Waals surface area contributed by atoms with E-state index in [1.54, 1.807) is 32.0 Å². The summed E-state index contributed by atoms with van der Waals surface area (Å²) in [5, 5.41) is 19.1. The second kappa shape index (κ2) is 8.76. The van der Waals surface area contributed by atoms with Crippen LogP contribution in [0.15, 0.2) is 22.7 Å². The Bertz CT molecular complexity index is 1770. The molecule has 0 amide bonds. The summed E-state index contributed by atoms with van der Waals surface area (Å²) >= 11 is 0. The molecule has 0 unspecified atom stereocenters. The Morgan fingerprint density at radius 3 is 2.70 bits per heavy atom. The summed E-state index contributed by atoms with van der Waals surface area (Å²) < 4.78 is 23.7. The Labute approximate surface area is 210 Å². The van der Waals surface area contributed by atoms with E-state index in [0.717, 1.165) is 13.1 Å². The zero-order valence-electron chi connectivity index (χ0n) is 20.4. The second-order valence-corrected chi connectivity index (χ2v) is 8.91. The van der Waals surface area contributed by atoms with Crippen molar-refractivity contribution in [3.63, 3.8) is 0 Å². The molecule has 0 atom stereocenters. The van der Waals surface area contributed by atoms with Crippen LogP contribution in [0.3, 0.4) is 0 Å². The summed E-state index contributed by atoms with van der Waals surface area (Å²) in [6.45, 7) is 7.56. The third-order valence-electron chi connectivity index (χ3n) is 6.78. The van der Waals surface area contributed by atoms with Crippen LogP contribution in [0.2, 0.25) is 0 Å². The minimum absolute atomic E-state index is 0.179. The molecule has 1 aliphatic heterocycles. The zero-order chi connectivity index (χ0) is 25.7. The summed E-state index contributed by atoms with van der Waals surface area (Å²) in [5.74, 6) is 5.85. The minimum Gasteiger partial charge on any atom is -0.368 e. The van der Waals surface area contributed by atoms with Gasteiger partial charge in [0.05, 0.1) is 22.2 Å². The van der Waals surface area contributed by atoms with Crippen LogP contribution in [-0.2, 0) is 6.54 Å². The summed E-state index contributed by atoms with van der Waals surface area (Å²) in [6.07, 6.45) is 0. The molecular formula is C25H23FN10O. The number of nitriles is 1. The van der Waals surface area contributed by atoms with Gasteiger partial charge in [0, 0.05) is 39.3 Å². The molecule has 5 heterocycles. The van der Waals surface area contributed by atoms with Crippen molar-refractivity contribution in [2.24, 2.45) is 0 Å². The first-order chi connectivity index (χ1) is 18.0. The number of rotatable bonds is 4. The number of fused-ring (bicyclic) bond motifs is 4. The van der Waals surface area contributed by atoms with E-state index in [1.807, 2.05) is 9.47 Å². The van der Waals surface area contributed by atoms with Gasteiger partial charge >= 0.3 is 0 Å². The number of anilines is 2. The molecule has 0 aliphatic carbocycles. The van der Waals surface area contributed by atoms with Crippen LogP contribution in [0.1, 0.15) is 24.1 Å². The van der Waals surface area contributed by atoms with Crippen molar-refractivity contribution in [3.8, 4) is 17.9 Å². The van der Waals surface area contributed by atoms with Crippen LogP contribution in [0, 0.1) is 35.9 Å². The second-order valence-electron chi connectivity index (χ2n) is 8.91. The monoisotopic (exact) mass is 498 g/mol. The molecule has 6 rings (SSSR count). The largest absolute Gasteiger partial charge is 0.368 e. The topological polar surface area (TPSA) is 130 Å². The molecule has 11 nitrogen and oxygen atoms in total. The molecule has 1 fully saturated rings. The van der Waals surface area contributed by atoms with Gasteiger partial charge in [0.25, 0.3) is 0 Å². The number of nitrogens with zero attached hydrogens (tertiary/aromatic N) is 9. The first-order valence-electron chi connectivity index (χ1n) is 11.9. The highest BCUT2D eigenvalue weighted by Gasteiger charge is 2.23. The fourth-order valence-corrected chi connectivity index (χ4v) is 4.93. The lowest BCUT2D eigenvalue weighted by Crippen LogP contribution is -2.47. The lowest BCUT2D eigenvalue weighted by molar-refractivity contribution is 0.248. The minimum atomic E-state index is -0.293.